The Labute approximate surface area is 223 Å². The van der Waals surface area contributed by atoms with E-state index in [0.29, 0.717) is 11.3 Å². The number of carbonyl (C=O) groups is 1. The zero-order valence-corrected chi connectivity index (χ0v) is 23.3. The Morgan fingerprint density at radius 1 is 1.11 bits per heavy atom. The second kappa shape index (κ2) is 11.6. The fourth-order valence-corrected chi connectivity index (χ4v) is 6.40. The molecule has 0 unspecified atom stereocenters. The number of para-hydroxylation sites is 1. The third-order valence-corrected chi connectivity index (χ3v) is 8.69. The molecule has 1 aromatic heterocycles. The van der Waals surface area contributed by atoms with E-state index in [9.17, 15) is 4.79 Å². The number of hydrogen-bond donors (Lipinski definition) is 0. The molecule has 202 valence electrons. The summed E-state index contributed by atoms with van der Waals surface area (Å²) in [7, 11) is 1.91. The lowest BCUT2D eigenvalue weighted by Gasteiger charge is -2.45. The molecule has 6 heteroatoms. The third kappa shape index (κ3) is 6.76. The fraction of sp³-hybridized carbons (Fsp3) is 0.677. The van der Waals surface area contributed by atoms with Gasteiger partial charge in [-0.25, -0.2) is 0 Å². The van der Waals surface area contributed by atoms with Crippen LogP contribution in [0.5, 0.6) is 5.75 Å². The second-order valence-electron chi connectivity index (χ2n) is 12.4. The monoisotopic (exact) mass is 506 g/mol. The van der Waals surface area contributed by atoms with Crippen molar-refractivity contribution < 1.29 is 9.53 Å². The van der Waals surface area contributed by atoms with E-state index in [-0.39, 0.29) is 5.91 Å². The zero-order chi connectivity index (χ0) is 25.8. The Morgan fingerprint density at radius 2 is 1.89 bits per heavy atom. The number of benzene rings is 1. The summed E-state index contributed by atoms with van der Waals surface area (Å²) in [4.78, 5) is 18.2. The van der Waals surface area contributed by atoms with Crippen LogP contribution in [0.4, 0.5) is 0 Å². The van der Waals surface area contributed by atoms with Gasteiger partial charge in [-0.2, -0.15) is 5.10 Å². The van der Waals surface area contributed by atoms with Crippen molar-refractivity contribution in [2.24, 2.45) is 24.3 Å². The van der Waals surface area contributed by atoms with E-state index in [1.165, 1.54) is 44.2 Å². The van der Waals surface area contributed by atoms with Crippen molar-refractivity contribution >= 4 is 5.91 Å². The summed E-state index contributed by atoms with van der Waals surface area (Å²) < 4.78 is 8.09. The minimum atomic E-state index is 0.146. The Bertz CT molecular complexity index is 1050. The molecule has 1 amide bonds. The van der Waals surface area contributed by atoms with Gasteiger partial charge in [0.2, 0.25) is 0 Å². The molecule has 37 heavy (non-hydrogen) atoms. The summed E-state index contributed by atoms with van der Waals surface area (Å²) in [6, 6.07) is 10.6. The van der Waals surface area contributed by atoms with Crippen LogP contribution < -0.4 is 4.74 Å². The normalized spacial score (nSPS) is 21.2. The summed E-state index contributed by atoms with van der Waals surface area (Å²) >= 11 is 0. The lowest BCUT2D eigenvalue weighted by molar-refractivity contribution is 0.0362. The van der Waals surface area contributed by atoms with E-state index in [1.54, 1.807) is 4.68 Å². The highest BCUT2D eigenvalue weighted by molar-refractivity contribution is 5.92. The molecule has 3 heterocycles. The summed E-state index contributed by atoms with van der Waals surface area (Å²) in [5.74, 6) is 2.62. The fourth-order valence-electron chi connectivity index (χ4n) is 6.40. The average molecular weight is 507 g/mol. The summed E-state index contributed by atoms with van der Waals surface area (Å²) in [5, 5.41) is 4.62. The van der Waals surface area contributed by atoms with E-state index in [2.05, 4.69) is 53.0 Å². The van der Waals surface area contributed by atoms with Crippen molar-refractivity contribution in [3.63, 3.8) is 0 Å². The number of rotatable bonds is 5. The second-order valence-corrected chi connectivity index (χ2v) is 12.4. The smallest absolute Gasteiger partial charge is 0.272 e. The first kappa shape index (κ1) is 26.3. The van der Waals surface area contributed by atoms with Crippen molar-refractivity contribution in [2.45, 2.75) is 71.6 Å². The number of likely N-dealkylation sites (tertiary alicyclic amines) is 1. The number of fused-ring (bicyclic) bond motifs is 1. The SMILES string of the molecule is CC(C)Cc1cc(C(=O)N2CCC3(CCCCc4ccccc4OCCN(CC4CC4)C3)CC2)n(C)n1. The van der Waals surface area contributed by atoms with Gasteiger partial charge in [0.1, 0.15) is 18.1 Å². The van der Waals surface area contributed by atoms with Gasteiger partial charge in [-0.1, -0.05) is 38.5 Å². The minimum Gasteiger partial charge on any atom is -0.492 e. The van der Waals surface area contributed by atoms with Crippen LogP contribution >= 0.6 is 0 Å². The van der Waals surface area contributed by atoms with E-state index in [4.69, 9.17) is 4.74 Å². The van der Waals surface area contributed by atoms with E-state index >= 15 is 0 Å². The van der Waals surface area contributed by atoms with Crippen LogP contribution in [0.1, 0.15) is 80.5 Å². The number of aromatic nitrogens is 2. The molecule has 1 saturated heterocycles. The number of nitrogens with zero attached hydrogens (tertiary/aromatic N) is 4. The maximum absolute atomic E-state index is 13.5. The van der Waals surface area contributed by atoms with Crippen LogP contribution in [-0.2, 0) is 19.9 Å². The first-order valence-corrected chi connectivity index (χ1v) is 14.7. The predicted molar refractivity (Wildman–Crippen MR) is 148 cm³/mol. The number of ether oxygens (including phenoxy) is 1. The average Bonchev–Trinajstić information content (AvgIpc) is 3.61. The van der Waals surface area contributed by atoms with Gasteiger partial charge in [0.15, 0.2) is 0 Å². The third-order valence-electron chi connectivity index (χ3n) is 8.69. The molecule has 1 spiro atoms. The van der Waals surface area contributed by atoms with Crippen molar-refractivity contribution in [2.75, 3.05) is 39.3 Å². The number of hydrogen-bond acceptors (Lipinski definition) is 4. The molecule has 1 saturated carbocycles. The van der Waals surface area contributed by atoms with Gasteiger partial charge in [0, 0.05) is 39.8 Å². The molecule has 1 aromatic carbocycles. The van der Waals surface area contributed by atoms with Gasteiger partial charge in [-0.05, 0) is 86.3 Å². The molecule has 5 rings (SSSR count). The molecule has 2 aliphatic heterocycles. The van der Waals surface area contributed by atoms with Crippen LogP contribution in [0.3, 0.4) is 0 Å². The van der Waals surface area contributed by atoms with Crippen molar-refractivity contribution in [3.05, 3.63) is 47.3 Å². The Hall–Kier alpha value is -2.34. The highest BCUT2D eigenvalue weighted by Crippen LogP contribution is 2.40. The number of amides is 1. The molecular formula is C31H46N4O2. The number of carbonyl (C=O) groups excluding carboxylic acids is 1. The Balaban J connectivity index is 1.26. The van der Waals surface area contributed by atoms with Gasteiger partial charge in [-0.15, -0.1) is 0 Å². The highest BCUT2D eigenvalue weighted by atomic mass is 16.5. The quantitative estimate of drug-likeness (QED) is 0.548. The largest absolute Gasteiger partial charge is 0.492 e. The van der Waals surface area contributed by atoms with E-state index < -0.39 is 0 Å². The highest BCUT2D eigenvalue weighted by Gasteiger charge is 2.38. The molecule has 2 fully saturated rings. The minimum absolute atomic E-state index is 0.146. The van der Waals surface area contributed by atoms with Crippen molar-refractivity contribution in [1.82, 2.24) is 19.6 Å². The molecule has 2 aromatic rings. The van der Waals surface area contributed by atoms with Crippen LogP contribution in [0.2, 0.25) is 0 Å². The number of aryl methyl sites for hydroxylation is 2. The first-order chi connectivity index (χ1) is 17.9. The van der Waals surface area contributed by atoms with Crippen LogP contribution in [-0.4, -0.2) is 64.8 Å². The van der Waals surface area contributed by atoms with Gasteiger partial charge in [-0.3, -0.25) is 14.4 Å². The zero-order valence-electron chi connectivity index (χ0n) is 23.3. The van der Waals surface area contributed by atoms with Gasteiger partial charge in [0.25, 0.3) is 5.91 Å². The van der Waals surface area contributed by atoms with Crippen LogP contribution in [0, 0.1) is 17.3 Å². The van der Waals surface area contributed by atoms with Gasteiger partial charge < -0.3 is 9.64 Å². The lowest BCUT2D eigenvalue weighted by atomic mass is 9.73. The molecule has 0 bridgehead atoms. The molecule has 0 atom stereocenters. The molecule has 0 radical (unpaired) electrons. The molecule has 1 aliphatic carbocycles. The number of piperidine rings is 1. The van der Waals surface area contributed by atoms with E-state index in [1.807, 2.05) is 13.1 Å². The van der Waals surface area contributed by atoms with Gasteiger partial charge >= 0.3 is 0 Å². The van der Waals surface area contributed by atoms with Crippen LogP contribution in [0.15, 0.2) is 30.3 Å². The standard InChI is InChI=1S/C31H46N4O2/c1-24(2)20-27-21-28(33(3)32-27)30(36)35-16-14-31(15-17-35)13-7-6-9-26-8-4-5-10-29(26)37-19-18-34(23-31)22-25-11-12-25/h4-5,8,10,21,24-25H,6-7,9,11-20,22-23H2,1-3H3. The van der Waals surface area contributed by atoms with Crippen molar-refractivity contribution in [3.8, 4) is 5.75 Å². The Morgan fingerprint density at radius 3 is 2.65 bits per heavy atom. The maximum Gasteiger partial charge on any atom is 0.272 e. The first-order valence-electron chi connectivity index (χ1n) is 14.7. The molecular weight excluding hydrogens is 460 g/mol. The lowest BCUT2D eigenvalue weighted by Crippen LogP contribution is -2.49. The summed E-state index contributed by atoms with van der Waals surface area (Å²) in [5.41, 5.74) is 3.39. The summed E-state index contributed by atoms with van der Waals surface area (Å²) in [6.07, 6.45) is 10.6. The Kier molecular flexibility index (Phi) is 8.23. The molecule has 6 nitrogen and oxygen atoms in total. The molecule has 3 aliphatic rings. The van der Waals surface area contributed by atoms with Crippen LogP contribution in [0.25, 0.3) is 0 Å². The van der Waals surface area contributed by atoms with Crippen molar-refractivity contribution in [1.29, 1.82) is 0 Å². The maximum atomic E-state index is 13.5. The molecule has 0 N–H and O–H groups in total. The summed E-state index contributed by atoms with van der Waals surface area (Å²) in [6.45, 7) is 10.2. The van der Waals surface area contributed by atoms with Gasteiger partial charge in [0.05, 0.1) is 5.69 Å². The predicted octanol–water partition coefficient (Wildman–Crippen LogP) is 5.36. The van der Waals surface area contributed by atoms with E-state index in [0.717, 1.165) is 81.5 Å². The topological polar surface area (TPSA) is 50.6 Å².